The highest BCUT2D eigenvalue weighted by molar-refractivity contribution is 5.87. The maximum Gasteiger partial charge on any atom is 0.333 e. The molecule has 1 heterocycles. The van der Waals surface area contributed by atoms with Gasteiger partial charge in [-0.3, -0.25) is 4.79 Å². The van der Waals surface area contributed by atoms with Crippen LogP contribution in [-0.2, 0) is 23.8 Å². The van der Waals surface area contributed by atoms with E-state index in [9.17, 15) is 9.59 Å². The Morgan fingerprint density at radius 3 is 2.67 bits per heavy atom. The number of ether oxygens (including phenoxy) is 3. The molecule has 1 aliphatic carbocycles. The van der Waals surface area contributed by atoms with Gasteiger partial charge in [-0.25, -0.2) is 4.79 Å². The van der Waals surface area contributed by atoms with Crippen LogP contribution in [0.15, 0.2) is 12.2 Å². The van der Waals surface area contributed by atoms with Gasteiger partial charge >= 0.3 is 5.97 Å². The van der Waals surface area contributed by atoms with E-state index in [1.165, 1.54) is 6.92 Å². The van der Waals surface area contributed by atoms with Gasteiger partial charge in [0.2, 0.25) is 0 Å². The first kappa shape index (κ1) is 16.2. The predicted octanol–water partition coefficient (Wildman–Crippen LogP) is 2.53. The van der Waals surface area contributed by atoms with Crippen LogP contribution in [0.4, 0.5) is 0 Å². The van der Waals surface area contributed by atoms with Crippen molar-refractivity contribution in [3.63, 3.8) is 0 Å². The molecule has 0 radical (unpaired) electrons. The normalized spacial score (nSPS) is 35.1. The SMILES string of the molecule is C=C(C)C(=O)OC12CCCCC1OC(C)(OCC(C)=O)C2. The summed E-state index contributed by atoms with van der Waals surface area (Å²) < 4.78 is 17.4. The standard InChI is InChI=1S/C16H24O5/c1-11(2)14(18)21-16-8-6-5-7-13(16)20-15(4,10-16)19-9-12(3)17/h13H,1,5-10H2,2-4H3. The molecule has 2 rings (SSSR count). The largest absolute Gasteiger partial charge is 0.453 e. The summed E-state index contributed by atoms with van der Waals surface area (Å²) in [5, 5.41) is 0. The first-order valence-corrected chi connectivity index (χ1v) is 7.46. The Morgan fingerprint density at radius 1 is 1.33 bits per heavy atom. The predicted molar refractivity (Wildman–Crippen MR) is 76.6 cm³/mol. The highest BCUT2D eigenvalue weighted by Crippen LogP contribution is 2.48. The third-order valence-electron chi connectivity index (χ3n) is 4.14. The molecule has 1 saturated heterocycles. The Bertz CT molecular complexity index is 458. The van der Waals surface area contributed by atoms with Gasteiger partial charge in [0.15, 0.2) is 11.6 Å². The van der Waals surface area contributed by atoms with E-state index >= 15 is 0 Å². The second-order valence-electron chi connectivity index (χ2n) is 6.39. The van der Waals surface area contributed by atoms with E-state index in [4.69, 9.17) is 14.2 Å². The van der Waals surface area contributed by atoms with E-state index in [1.807, 2.05) is 6.92 Å². The number of Topliss-reactive ketones (excluding diaryl/α,β-unsaturated/α-hetero) is 1. The number of carbonyl (C=O) groups excluding carboxylic acids is 2. The smallest absolute Gasteiger partial charge is 0.333 e. The third kappa shape index (κ3) is 3.52. The van der Waals surface area contributed by atoms with E-state index in [-0.39, 0.29) is 24.5 Å². The first-order valence-electron chi connectivity index (χ1n) is 7.46. The van der Waals surface area contributed by atoms with E-state index < -0.39 is 11.4 Å². The molecule has 0 aromatic rings. The van der Waals surface area contributed by atoms with Gasteiger partial charge in [0.1, 0.15) is 18.3 Å². The Hall–Kier alpha value is -1.20. The lowest BCUT2D eigenvalue weighted by atomic mass is 9.80. The van der Waals surface area contributed by atoms with Crippen LogP contribution < -0.4 is 0 Å². The zero-order valence-corrected chi connectivity index (χ0v) is 13.1. The molecule has 0 aromatic heterocycles. The van der Waals surface area contributed by atoms with Gasteiger partial charge in [-0.1, -0.05) is 13.0 Å². The van der Waals surface area contributed by atoms with Crippen molar-refractivity contribution in [2.75, 3.05) is 6.61 Å². The molecular weight excluding hydrogens is 272 g/mol. The van der Waals surface area contributed by atoms with Crippen LogP contribution in [0.25, 0.3) is 0 Å². The summed E-state index contributed by atoms with van der Waals surface area (Å²) in [6, 6.07) is 0. The van der Waals surface area contributed by atoms with Gasteiger partial charge in [0.25, 0.3) is 0 Å². The molecule has 3 atom stereocenters. The highest BCUT2D eigenvalue weighted by Gasteiger charge is 2.58. The molecule has 1 saturated carbocycles. The summed E-state index contributed by atoms with van der Waals surface area (Å²) in [6.07, 6.45) is 3.91. The summed E-state index contributed by atoms with van der Waals surface area (Å²) >= 11 is 0. The van der Waals surface area contributed by atoms with Gasteiger partial charge in [0.05, 0.1) is 0 Å². The fourth-order valence-electron chi connectivity index (χ4n) is 3.20. The lowest BCUT2D eigenvalue weighted by Crippen LogP contribution is -2.45. The zero-order valence-electron chi connectivity index (χ0n) is 13.1. The van der Waals surface area contributed by atoms with Crippen molar-refractivity contribution in [3.05, 3.63) is 12.2 Å². The van der Waals surface area contributed by atoms with Crippen molar-refractivity contribution in [1.82, 2.24) is 0 Å². The molecular formula is C16H24O5. The van der Waals surface area contributed by atoms with Crippen LogP contribution in [-0.4, -0.2) is 35.9 Å². The molecule has 0 amide bonds. The van der Waals surface area contributed by atoms with Gasteiger partial charge in [0, 0.05) is 12.0 Å². The van der Waals surface area contributed by atoms with Gasteiger partial charge in [-0.15, -0.1) is 0 Å². The maximum absolute atomic E-state index is 12.0. The van der Waals surface area contributed by atoms with Crippen molar-refractivity contribution in [3.8, 4) is 0 Å². The molecule has 3 unspecified atom stereocenters. The average Bonchev–Trinajstić information content (AvgIpc) is 2.69. The second-order valence-corrected chi connectivity index (χ2v) is 6.39. The Morgan fingerprint density at radius 2 is 2.05 bits per heavy atom. The molecule has 0 spiro atoms. The maximum atomic E-state index is 12.0. The number of rotatable bonds is 5. The number of hydrogen-bond acceptors (Lipinski definition) is 5. The molecule has 2 aliphatic rings. The van der Waals surface area contributed by atoms with Crippen molar-refractivity contribution < 1.29 is 23.8 Å². The van der Waals surface area contributed by atoms with Crippen LogP contribution in [0.2, 0.25) is 0 Å². The van der Waals surface area contributed by atoms with Crippen LogP contribution in [0, 0.1) is 0 Å². The third-order valence-corrected chi connectivity index (χ3v) is 4.14. The lowest BCUT2D eigenvalue weighted by Gasteiger charge is -2.36. The van der Waals surface area contributed by atoms with E-state index in [0.29, 0.717) is 12.0 Å². The Kier molecular flexibility index (Phi) is 4.54. The van der Waals surface area contributed by atoms with Crippen LogP contribution in [0.5, 0.6) is 0 Å². The molecule has 118 valence electrons. The molecule has 5 heteroatoms. The Labute approximate surface area is 125 Å². The van der Waals surface area contributed by atoms with Crippen molar-refractivity contribution in [2.45, 2.75) is 70.4 Å². The highest BCUT2D eigenvalue weighted by atomic mass is 16.7. The quantitative estimate of drug-likeness (QED) is 0.576. The summed E-state index contributed by atoms with van der Waals surface area (Å²) in [4.78, 5) is 23.1. The van der Waals surface area contributed by atoms with Crippen molar-refractivity contribution in [1.29, 1.82) is 0 Å². The number of carbonyl (C=O) groups is 2. The number of hydrogen-bond donors (Lipinski definition) is 0. The van der Waals surface area contributed by atoms with Crippen molar-refractivity contribution >= 4 is 11.8 Å². The minimum atomic E-state index is -0.879. The fraction of sp³-hybridized carbons (Fsp3) is 0.750. The van der Waals surface area contributed by atoms with E-state index in [2.05, 4.69) is 6.58 Å². The van der Waals surface area contributed by atoms with Crippen LogP contribution in [0.3, 0.4) is 0 Å². The van der Waals surface area contributed by atoms with E-state index in [0.717, 1.165) is 25.7 Å². The molecule has 21 heavy (non-hydrogen) atoms. The zero-order chi connectivity index (χ0) is 15.7. The van der Waals surface area contributed by atoms with Crippen LogP contribution in [0.1, 0.15) is 52.9 Å². The van der Waals surface area contributed by atoms with Gasteiger partial charge in [-0.05, 0) is 40.0 Å². The molecule has 0 N–H and O–H groups in total. The molecule has 0 aromatic carbocycles. The van der Waals surface area contributed by atoms with Crippen molar-refractivity contribution in [2.24, 2.45) is 0 Å². The molecule has 2 fully saturated rings. The average molecular weight is 296 g/mol. The summed E-state index contributed by atoms with van der Waals surface area (Å²) in [7, 11) is 0. The number of fused-ring (bicyclic) bond motifs is 1. The molecule has 1 aliphatic heterocycles. The summed E-state index contributed by atoms with van der Waals surface area (Å²) in [5.74, 6) is -1.32. The fourth-order valence-corrected chi connectivity index (χ4v) is 3.20. The minimum Gasteiger partial charge on any atom is -0.453 e. The number of ketones is 1. The molecule has 0 bridgehead atoms. The topological polar surface area (TPSA) is 61.8 Å². The first-order chi connectivity index (χ1) is 9.76. The monoisotopic (exact) mass is 296 g/mol. The summed E-state index contributed by atoms with van der Waals surface area (Å²) in [6.45, 7) is 8.57. The second kappa shape index (κ2) is 5.89. The van der Waals surface area contributed by atoms with Gasteiger partial charge in [-0.2, -0.15) is 0 Å². The lowest BCUT2D eigenvalue weighted by molar-refractivity contribution is -0.217. The Balaban J connectivity index is 2.15. The van der Waals surface area contributed by atoms with Crippen LogP contribution >= 0.6 is 0 Å². The number of esters is 1. The van der Waals surface area contributed by atoms with E-state index in [1.54, 1.807) is 6.92 Å². The molecule has 5 nitrogen and oxygen atoms in total. The van der Waals surface area contributed by atoms with Gasteiger partial charge < -0.3 is 14.2 Å². The minimum absolute atomic E-state index is 0.00767. The summed E-state index contributed by atoms with van der Waals surface area (Å²) in [5.41, 5.74) is -0.272.